The largest absolute Gasteiger partial charge is 0.477 e. The van der Waals surface area contributed by atoms with E-state index < -0.39 is 16.1 Å². The predicted molar refractivity (Wildman–Crippen MR) is 138 cm³/mol. The topological polar surface area (TPSA) is 145 Å². The Bertz CT molecular complexity index is 1350. The van der Waals surface area contributed by atoms with Gasteiger partial charge >= 0.3 is 0 Å². The van der Waals surface area contributed by atoms with Gasteiger partial charge in [0.15, 0.2) is 5.01 Å². The molecule has 2 N–H and O–H groups in total. The average molecular weight is 545 g/mol. The van der Waals surface area contributed by atoms with Crippen molar-refractivity contribution in [2.24, 2.45) is 5.92 Å². The minimum absolute atomic E-state index is 0.0775. The standard InChI is InChI=1S/C24H28N6O5S2/c1-2-35-21-14-25-12-19(28-21)20-13-27-24(36-20)23(31)29-22(15-6-9-34-10-7-15)18-11-16(5-8-26-18)30-37(32,33)17-3-4-17/h5,8,11-15,17,22H,2-4,6-7,9-10H2,1H3,(H,26,30)(H,29,31)/t22-/m0/s1. The Balaban J connectivity index is 1.36. The van der Waals surface area contributed by atoms with Gasteiger partial charge in [-0.1, -0.05) is 0 Å². The van der Waals surface area contributed by atoms with Crippen LogP contribution in [-0.2, 0) is 14.8 Å². The molecule has 3 aromatic heterocycles. The molecule has 0 unspecified atom stereocenters. The molecule has 1 saturated heterocycles. The second kappa shape index (κ2) is 11.1. The lowest BCUT2D eigenvalue weighted by Crippen LogP contribution is -2.36. The van der Waals surface area contributed by atoms with Crippen molar-refractivity contribution < 1.29 is 22.7 Å². The van der Waals surface area contributed by atoms with Crippen LogP contribution in [0.3, 0.4) is 0 Å². The van der Waals surface area contributed by atoms with E-state index >= 15 is 0 Å². The number of hydrogen-bond donors (Lipinski definition) is 2. The van der Waals surface area contributed by atoms with Crippen molar-refractivity contribution in [1.29, 1.82) is 0 Å². The highest BCUT2D eigenvalue weighted by Crippen LogP contribution is 2.33. The molecule has 196 valence electrons. The fourth-order valence-electron chi connectivity index (χ4n) is 4.17. The Kier molecular flexibility index (Phi) is 7.63. The molecule has 11 nitrogen and oxygen atoms in total. The third kappa shape index (κ3) is 6.22. The van der Waals surface area contributed by atoms with Gasteiger partial charge < -0.3 is 14.8 Å². The first kappa shape index (κ1) is 25.5. The van der Waals surface area contributed by atoms with Crippen LogP contribution in [0.15, 0.2) is 36.9 Å². The molecule has 0 spiro atoms. The zero-order valence-corrected chi connectivity index (χ0v) is 21.9. The quantitative estimate of drug-likeness (QED) is 0.393. The van der Waals surface area contributed by atoms with Crippen molar-refractivity contribution in [2.75, 3.05) is 24.5 Å². The van der Waals surface area contributed by atoms with E-state index in [1.54, 1.807) is 30.7 Å². The zero-order valence-electron chi connectivity index (χ0n) is 20.3. The molecule has 2 fully saturated rings. The minimum Gasteiger partial charge on any atom is -0.477 e. The molecule has 3 aromatic rings. The van der Waals surface area contributed by atoms with Gasteiger partial charge in [0.25, 0.3) is 5.91 Å². The maximum absolute atomic E-state index is 13.3. The second-order valence-corrected chi connectivity index (χ2v) is 11.9. The Morgan fingerprint density at radius 1 is 1.19 bits per heavy atom. The van der Waals surface area contributed by atoms with E-state index in [1.165, 1.54) is 17.5 Å². The van der Waals surface area contributed by atoms with Gasteiger partial charge in [-0.25, -0.2) is 18.4 Å². The molecule has 0 radical (unpaired) electrons. The summed E-state index contributed by atoms with van der Waals surface area (Å²) in [6, 6.07) is 2.88. The lowest BCUT2D eigenvalue weighted by molar-refractivity contribution is 0.0508. The Labute approximate surface area is 219 Å². The van der Waals surface area contributed by atoms with Gasteiger partial charge in [0.05, 0.1) is 46.6 Å². The first-order chi connectivity index (χ1) is 17.9. The fourth-order valence-corrected chi connectivity index (χ4v) is 6.33. The third-order valence-corrected chi connectivity index (χ3v) is 9.09. The summed E-state index contributed by atoms with van der Waals surface area (Å²) in [6.45, 7) is 3.51. The summed E-state index contributed by atoms with van der Waals surface area (Å²) in [4.78, 5) is 31.4. The molecule has 1 saturated carbocycles. The van der Waals surface area contributed by atoms with E-state index in [0.717, 1.165) is 12.8 Å². The number of carbonyl (C=O) groups excluding carboxylic acids is 1. The average Bonchev–Trinajstić information content (AvgIpc) is 3.66. The van der Waals surface area contributed by atoms with Crippen molar-refractivity contribution in [1.82, 2.24) is 25.3 Å². The van der Waals surface area contributed by atoms with Crippen LogP contribution in [0, 0.1) is 5.92 Å². The second-order valence-electron chi connectivity index (χ2n) is 8.92. The van der Waals surface area contributed by atoms with Crippen LogP contribution in [0.25, 0.3) is 10.6 Å². The molecule has 1 atom stereocenters. The van der Waals surface area contributed by atoms with E-state index in [4.69, 9.17) is 9.47 Å². The number of nitrogens with one attached hydrogen (secondary N) is 2. The van der Waals surface area contributed by atoms with Crippen LogP contribution >= 0.6 is 11.3 Å². The predicted octanol–water partition coefficient (Wildman–Crippen LogP) is 3.20. The molecule has 2 aliphatic rings. The molecule has 0 aromatic carbocycles. The van der Waals surface area contributed by atoms with Gasteiger partial charge in [0, 0.05) is 25.6 Å². The Morgan fingerprint density at radius 3 is 2.76 bits per heavy atom. The first-order valence-electron chi connectivity index (χ1n) is 12.2. The van der Waals surface area contributed by atoms with Crippen molar-refractivity contribution in [3.8, 4) is 16.5 Å². The van der Waals surface area contributed by atoms with Crippen molar-refractivity contribution in [3.63, 3.8) is 0 Å². The SMILES string of the molecule is CCOc1cncc(-c2cnc(C(=O)N[C@H](c3cc(NS(=O)(=O)C4CC4)ccn3)C3CCOCC3)s2)n1. The molecular formula is C24H28N6O5S2. The summed E-state index contributed by atoms with van der Waals surface area (Å²) in [6.07, 6.45) is 9.11. The fraction of sp³-hybridized carbons (Fsp3) is 0.458. The molecule has 13 heteroatoms. The van der Waals surface area contributed by atoms with Gasteiger partial charge in [-0.3, -0.25) is 19.5 Å². The highest BCUT2D eigenvalue weighted by Gasteiger charge is 2.36. The van der Waals surface area contributed by atoms with Gasteiger partial charge in [-0.2, -0.15) is 0 Å². The smallest absolute Gasteiger partial charge is 0.280 e. The van der Waals surface area contributed by atoms with Crippen molar-refractivity contribution >= 4 is 33.0 Å². The summed E-state index contributed by atoms with van der Waals surface area (Å²) < 4.78 is 38.5. The van der Waals surface area contributed by atoms with Gasteiger partial charge in [0.1, 0.15) is 5.69 Å². The van der Waals surface area contributed by atoms with Crippen LogP contribution in [0.4, 0.5) is 5.69 Å². The molecule has 4 heterocycles. The summed E-state index contributed by atoms with van der Waals surface area (Å²) in [5.41, 5.74) is 1.59. The summed E-state index contributed by atoms with van der Waals surface area (Å²) >= 11 is 1.21. The van der Waals surface area contributed by atoms with Crippen LogP contribution in [-0.4, -0.2) is 59.3 Å². The van der Waals surface area contributed by atoms with Crippen LogP contribution in [0.2, 0.25) is 0 Å². The molecule has 1 amide bonds. The number of amides is 1. The minimum atomic E-state index is -3.42. The number of rotatable bonds is 10. The Morgan fingerprint density at radius 2 is 2.00 bits per heavy atom. The highest BCUT2D eigenvalue weighted by molar-refractivity contribution is 7.93. The summed E-state index contributed by atoms with van der Waals surface area (Å²) in [5, 5.41) is 3.03. The van der Waals surface area contributed by atoms with Crippen molar-refractivity contribution in [3.05, 3.63) is 47.6 Å². The number of thiazole rings is 1. The summed E-state index contributed by atoms with van der Waals surface area (Å²) in [5.74, 6) is 0.142. The van der Waals surface area contributed by atoms with E-state index in [9.17, 15) is 13.2 Å². The number of nitrogens with zero attached hydrogens (tertiary/aromatic N) is 4. The van der Waals surface area contributed by atoms with E-state index in [2.05, 4.69) is 30.0 Å². The Hall–Kier alpha value is -3.16. The molecule has 1 aliphatic carbocycles. The van der Waals surface area contributed by atoms with Gasteiger partial charge in [-0.05, 0) is 50.7 Å². The number of ether oxygens (including phenoxy) is 2. The van der Waals surface area contributed by atoms with Crippen LogP contribution in [0.1, 0.15) is 54.1 Å². The number of pyridine rings is 1. The maximum Gasteiger partial charge on any atom is 0.280 e. The molecule has 0 bridgehead atoms. The number of carbonyl (C=O) groups is 1. The van der Waals surface area contributed by atoms with Gasteiger partial charge in [-0.15, -0.1) is 11.3 Å². The zero-order chi connectivity index (χ0) is 25.8. The third-order valence-electron chi connectivity index (χ3n) is 6.20. The van der Waals surface area contributed by atoms with Crippen LogP contribution in [0.5, 0.6) is 5.88 Å². The first-order valence-corrected chi connectivity index (χ1v) is 14.6. The van der Waals surface area contributed by atoms with E-state index in [0.29, 0.717) is 60.5 Å². The molecule has 5 rings (SSSR count). The molecule has 37 heavy (non-hydrogen) atoms. The lowest BCUT2D eigenvalue weighted by Gasteiger charge is -2.30. The summed E-state index contributed by atoms with van der Waals surface area (Å²) in [7, 11) is -3.42. The number of hydrogen-bond acceptors (Lipinski definition) is 10. The number of anilines is 1. The number of aromatic nitrogens is 4. The van der Waals surface area contributed by atoms with Crippen LogP contribution < -0.4 is 14.8 Å². The highest BCUT2D eigenvalue weighted by atomic mass is 32.2. The lowest BCUT2D eigenvalue weighted by atomic mass is 9.89. The molecule has 1 aliphatic heterocycles. The number of sulfonamides is 1. The van der Waals surface area contributed by atoms with Crippen molar-refractivity contribution in [2.45, 2.75) is 43.9 Å². The van der Waals surface area contributed by atoms with Gasteiger partial charge in [0.2, 0.25) is 15.9 Å². The van der Waals surface area contributed by atoms with E-state index in [-0.39, 0.29) is 22.1 Å². The normalized spacial score (nSPS) is 17.2. The van der Waals surface area contributed by atoms with E-state index in [1.807, 2.05) is 6.92 Å². The molecular weight excluding hydrogens is 516 g/mol. The monoisotopic (exact) mass is 544 g/mol. The maximum atomic E-state index is 13.3.